The number of hydrogen-bond donors (Lipinski definition) is 1. The van der Waals surface area contributed by atoms with Gasteiger partial charge in [0.05, 0.1) is 30.5 Å². The van der Waals surface area contributed by atoms with Crippen LogP contribution in [0, 0.1) is 12.8 Å². The van der Waals surface area contributed by atoms with E-state index >= 15 is 0 Å². The van der Waals surface area contributed by atoms with Crippen molar-refractivity contribution in [2.75, 3.05) is 46.1 Å². The number of carbonyl (C=O) groups is 1. The molecule has 0 bridgehead atoms. The molecule has 0 radical (unpaired) electrons. The Morgan fingerprint density at radius 3 is 2.78 bits per heavy atom. The Balaban J connectivity index is 1.25. The summed E-state index contributed by atoms with van der Waals surface area (Å²) >= 11 is 1.62. The molecule has 2 aliphatic rings. The fraction of sp³-hybridized carbons (Fsp3) is 0.500. The van der Waals surface area contributed by atoms with Crippen LogP contribution in [0.3, 0.4) is 0 Å². The molecule has 2 fully saturated rings. The minimum atomic E-state index is -0.0820. The average molecular weight is 458 g/mol. The third kappa shape index (κ3) is 6.62. The van der Waals surface area contributed by atoms with Crippen LogP contribution in [-0.4, -0.2) is 67.9 Å². The van der Waals surface area contributed by atoms with Crippen LogP contribution in [0.15, 0.2) is 35.7 Å². The highest BCUT2D eigenvalue weighted by Crippen LogP contribution is 2.22. The monoisotopic (exact) mass is 457 g/mol. The van der Waals surface area contributed by atoms with Crippen molar-refractivity contribution in [1.82, 2.24) is 15.2 Å². The molecule has 2 aliphatic heterocycles. The van der Waals surface area contributed by atoms with Crippen LogP contribution >= 0.6 is 11.3 Å². The number of morpholine rings is 1. The molecular weight excluding hydrogens is 426 g/mol. The minimum absolute atomic E-state index is 0.0820. The number of hydrogen-bond acceptors (Lipinski definition) is 7. The van der Waals surface area contributed by atoms with E-state index in [2.05, 4.69) is 15.2 Å². The second-order valence-electron chi connectivity index (χ2n) is 8.13. The molecule has 1 aromatic heterocycles. The summed E-state index contributed by atoms with van der Waals surface area (Å²) in [6.45, 7) is 7.96. The highest BCUT2D eigenvalue weighted by molar-refractivity contribution is 7.09. The molecule has 3 heterocycles. The number of aromatic nitrogens is 1. The van der Waals surface area contributed by atoms with Gasteiger partial charge in [0.2, 0.25) is 5.91 Å². The van der Waals surface area contributed by atoms with Crippen LogP contribution in [-0.2, 0) is 20.9 Å². The fourth-order valence-corrected chi connectivity index (χ4v) is 4.70. The topological polar surface area (TPSA) is 72.9 Å². The van der Waals surface area contributed by atoms with Crippen LogP contribution in [0.2, 0.25) is 0 Å². The Morgan fingerprint density at radius 2 is 2.09 bits per heavy atom. The zero-order valence-electron chi connectivity index (χ0n) is 18.5. The Bertz CT molecular complexity index is 887. The van der Waals surface area contributed by atoms with Crippen molar-refractivity contribution < 1.29 is 19.0 Å². The second-order valence-corrected chi connectivity index (χ2v) is 9.20. The molecule has 1 N–H and O–H groups in total. The summed E-state index contributed by atoms with van der Waals surface area (Å²) in [5.74, 6) is 1.16. The van der Waals surface area contributed by atoms with Gasteiger partial charge in [-0.1, -0.05) is 12.1 Å². The smallest absolute Gasteiger partial charge is 0.244 e. The van der Waals surface area contributed by atoms with Crippen molar-refractivity contribution in [1.29, 1.82) is 0 Å². The standard InChI is InChI=1S/C24H31N3O4S/c1-18-26-21(17-32-18)16-31-22-5-2-19(3-6-22)4-7-24(28)25-14-23(20-8-11-30-15-20)27-9-12-29-13-10-27/h2-7,17,20,23H,8-16H2,1H3,(H,25,28)/b7-4+. The number of amides is 1. The van der Waals surface area contributed by atoms with Crippen LogP contribution in [0.25, 0.3) is 6.08 Å². The molecule has 2 atom stereocenters. The predicted molar refractivity (Wildman–Crippen MR) is 125 cm³/mol. The van der Waals surface area contributed by atoms with Crippen LogP contribution < -0.4 is 10.1 Å². The molecule has 2 saturated heterocycles. The maximum atomic E-state index is 12.4. The summed E-state index contributed by atoms with van der Waals surface area (Å²) in [7, 11) is 0. The largest absolute Gasteiger partial charge is 0.487 e. The number of carbonyl (C=O) groups excluding carboxylic acids is 1. The fourth-order valence-electron chi connectivity index (χ4n) is 4.10. The molecule has 0 spiro atoms. The summed E-state index contributed by atoms with van der Waals surface area (Å²) in [4.78, 5) is 19.3. The van der Waals surface area contributed by atoms with E-state index < -0.39 is 0 Å². The maximum Gasteiger partial charge on any atom is 0.244 e. The number of benzene rings is 1. The van der Waals surface area contributed by atoms with E-state index in [1.54, 1.807) is 17.4 Å². The van der Waals surface area contributed by atoms with Gasteiger partial charge in [0, 0.05) is 49.7 Å². The zero-order chi connectivity index (χ0) is 22.2. The first kappa shape index (κ1) is 22.9. The number of aryl methyl sites for hydroxylation is 1. The van der Waals surface area contributed by atoms with Crippen LogP contribution in [0.4, 0.5) is 0 Å². The summed E-state index contributed by atoms with van der Waals surface area (Å²) in [5, 5.41) is 6.13. The number of nitrogens with zero attached hydrogens (tertiary/aromatic N) is 2. The van der Waals surface area contributed by atoms with Gasteiger partial charge in [0.25, 0.3) is 0 Å². The molecule has 2 unspecified atom stereocenters. The minimum Gasteiger partial charge on any atom is -0.487 e. The summed E-state index contributed by atoms with van der Waals surface area (Å²) in [5.41, 5.74) is 1.89. The summed E-state index contributed by atoms with van der Waals surface area (Å²) < 4.78 is 16.9. The predicted octanol–water partition coefficient (Wildman–Crippen LogP) is 2.90. The molecule has 0 saturated carbocycles. The first-order valence-corrected chi connectivity index (χ1v) is 12.0. The number of ether oxygens (including phenoxy) is 3. The highest BCUT2D eigenvalue weighted by atomic mass is 32.1. The molecule has 1 amide bonds. The maximum absolute atomic E-state index is 12.4. The highest BCUT2D eigenvalue weighted by Gasteiger charge is 2.31. The molecule has 7 nitrogen and oxygen atoms in total. The normalized spacial score (nSPS) is 20.5. The van der Waals surface area contributed by atoms with Gasteiger partial charge in [0.15, 0.2) is 0 Å². The van der Waals surface area contributed by atoms with Gasteiger partial charge in [-0.2, -0.15) is 0 Å². The van der Waals surface area contributed by atoms with Crippen molar-refractivity contribution in [3.8, 4) is 5.75 Å². The summed E-state index contributed by atoms with van der Waals surface area (Å²) in [6, 6.07) is 7.99. The molecule has 8 heteroatoms. The Kier molecular flexibility index (Phi) is 8.28. The lowest BCUT2D eigenvalue weighted by atomic mass is 9.97. The van der Waals surface area contributed by atoms with E-state index in [0.29, 0.717) is 19.1 Å². The van der Waals surface area contributed by atoms with Gasteiger partial charge in [-0.25, -0.2) is 4.98 Å². The summed E-state index contributed by atoms with van der Waals surface area (Å²) in [6.07, 6.45) is 4.46. The average Bonchev–Trinajstić information content (AvgIpc) is 3.50. The Labute approximate surface area is 193 Å². The van der Waals surface area contributed by atoms with Crippen molar-refractivity contribution >= 4 is 23.3 Å². The van der Waals surface area contributed by atoms with Gasteiger partial charge in [0.1, 0.15) is 12.4 Å². The Hall–Kier alpha value is -2.26. The van der Waals surface area contributed by atoms with E-state index in [-0.39, 0.29) is 11.9 Å². The first-order chi connectivity index (χ1) is 15.7. The molecule has 0 aliphatic carbocycles. The van der Waals surface area contributed by atoms with Crippen molar-refractivity contribution in [2.24, 2.45) is 5.92 Å². The van der Waals surface area contributed by atoms with Gasteiger partial charge in [-0.3, -0.25) is 9.69 Å². The van der Waals surface area contributed by atoms with Gasteiger partial charge < -0.3 is 19.5 Å². The van der Waals surface area contributed by atoms with Crippen molar-refractivity contribution in [3.63, 3.8) is 0 Å². The lowest BCUT2D eigenvalue weighted by Crippen LogP contribution is -2.52. The SMILES string of the molecule is Cc1nc(COc2ccc(/C=C/C(=O)NCC(C3CCOC3)N3CCOCC3)cc2)cs1. The number of nitrogens with one attached hydrogen (secondary N) is 1. The third-order valence-corrected chi connectivity index (χ3v) is 6.69. The first-order valence-electron chi connectivity index (χ1n) is 11.2. The van der Waals surface area contributed by atoms with E-state index in [1.807, 2.05) is 42.6 Å². The van der Waals surface area contributed by atoms with Gasteiger partial charge >= 0.3 is 0 Å². The van der Waals surface area contributed by atoms with Gasteiger partial charge in [-0.05, 0) is 37.1 Å². The van der Waals surface area contributed by atoms with E-state index in [9.17, 15) is 4.79 Å². The van der Waals surface area contributed by atoms with Gasteiger partial charge in [-0.15, -0.1) is 11.3 Å². The molecule has 1 aromatic carbocycles. The number of rotatable bonds is 9. The molecule has 172 valence electrons. The third-order valence-electron chi connectivity index (χ3n) is 5.87. The Morgan fingerprint density at radius 1 is 1.28 bits per heavy atom. The van der Waals surface area contributed by atoms with Crippen molar-refractivity contribution in [2.45, 2.75) is 26.0 Å². The van der Waals surface area contributed by atoms with Crippen LogP contribution in [0.1, 0.15) is 22.7 Å². The zero-order valence-corrected chi connectivity index (χ0v) is 19.3. The molecule has 2 aromatic rings. The van der Waals surface area contributed by atoms with E-state index in [1.165, 1.54) is 0 Å². The molecular formula is C24H31N3O4S. The van der Waals surface area contributed by atoms with Crippen LogP contribution in [0.5, 0.6) is 5.75 Å². The van der Waals surface area contributed by atoms with E-state index in [0.717, 1.165) is 68.0 Å². The van der Waals surface area contributed by atoms with Crippen molar-refractivity contribution in [3.05, 3.63) is 52.0 Å². The second kappa shape index (κ2) is 11.6. The number of thiazole rings is 1. The van der Waals surface area contributed by atoms with E-state index in [4.69, 9.17) is 14.2 Å². The molecule has 32 heavy (non-hydrogen) atoms. The lowest BCUT2D eigenvalue weighted by molar-refractivity contribution is -0.116. The quantitative estimate of drug-likeness (QED) is 0.584. The molecule has 4 rings (SSSR count). The lowest BCUT2D eigenvalue weighted by Gasteiger charge is -2.37.